The lowest BCUT2D eigenvalue weighted by Gasteiger charge is -2.46. The summed E-state index contributed by atoms with van der Waals surface area (Å²) in [5, 5.41) is 0. The lowest BCUT2D eigenvalue weighted by molar-refractivity contribution is -0.143. The number of piperazine rings is 1. The summed E-state index contributed by atoms with van der Waals surface area (Å²) in [6.45, 7) is 8.11. The number of nitrogens with zero attached hydrogens (tertiary/aromatic N) is 5. The number of halogens is 3. The van der Waals surface area contributed by atoms with Gasteiger partial charge < -0.3 is 10.6 Å². The third kappa shape index (κ3) is 5.12. The zero-order valence-electron chi connectivity index (χ0n) is 24.0. The van der Waals surface area contributed by atoms with Gasteiger partial charge in [-0.25, -0.2) is 9.97 Å². The molecule has 2 aliphatic heterocycles. The van der Waals surface area contributed by atoms with Crippen molar-refractivity contribution in [2.45, 2.75) is 63.7 Å². The molecule has 3 atom stereocenters. The van der Waals surface area contributed by atoms with E-state index in [1.54, 1.807) is 12.3 Å². The van der Waals surface area contributed by atoms with E-state index in [0.29, 0.717) is 41.7 Å². The standard InChI is InChI=1S/C32H35F3N6O/c1-19(2)39-17-26-12-11-24(16-41(26)27(42)18-39)31-38-28(29-30(36)37-13-14-40(29)31)22-9-7-21(8-10-22)20(3)23-5-4-6-25(15-23)32(33,34)35/h4-10,13-15,19-20,24,26H,11-12,16-18H2,1-3H3,(H2,36,37)/t20-,24-,26+/m0/s1. The van der Waals surface area contributed by atoms with E-state index in [0.717, 1.165) is 42.4 Å². The Balaban J connectivity index is 1.29. The molecule has 4 aromatic rings. The zero-order chi connectivity index (χ0) is 29.8. The molecule has 10 heteroatoms. The number of nitrogens with two attached hydrogens (primary N) is 1. The number of nitrogen functional groups attached to an aromatic ring is 1. The molecule has 0 aliphatic carbocycles. The molecule has 2 fully saturated rings. The summed E-state index contributed by atoms with van der Waals surface area (Å²) in [6.07, 6.45) is 0.963. The highest BCUT2D eigenvalue weighted by Crippen LogP contribution is 2.37. The SMILES string of the molecule is CC(C)N1CC(=O)N2C[C@@H](c3nc(-c4ccc([C@H](C)c5cccc(C(F)(F)F)c5)cc4)c4c(N)nccn34)CC[C@@H]2C1. The van der Waals surface area contributed by atoms with Crippen LogP contribution < -0.4 is 5.73 Å². The quantitative estimate of drug-likeness (QED) is 0.318. The number of benzene rings is 2. The summed E-state index contributed by atoms with van der Waals surface area (Å²) in [6, 6.07) is 13.7. The number of fused-ring (bicyclic) bond motifs is 2. The number of alkyl halides is 3. The summed E-state index contributed by atoms with van der Waals surface area (Å²) in [5.74, 6) is 1.21. The summed E-state index contributed by atoms with van der Waals surface area (Å²) in [7, 11) is 0. The Kier molecular flexibility index (Phi) is 7.21. The van der Waals surface area contributed by atoms with Crippen molar-refractivity contribution in [3.8, 4) is 11.3 Å². The molecule has 0 unspecified atom stereocenters. The lowest BCUT2D eigenvalue weighted by atomic mass is 9.90. The third-order valence-corrected chi connectivity index (χ3v) is 8.91. The molecule has 1 amide bonds. The van der Waals surface area contributed by atoms with Crippen molar-refractivity contribution in [2.24, 2.45) is 0 Å². The highest BCUT2D eigenvalue weighted by molar-refractivity contribution is 5.85. The van der Waals surface area contributed by atoms with E-state index in [9.17, 15) is 18.0 Å². The fourth-order valence-electron chi connectivity index (χ4n) is 6.41. The lowest BCUT2D eigenvalue weighted by Crippen LogP contribution is -2.60. The Morgan fingerprint density at radius 3 is 2.48 bits per heavy atom. The van der Waals surface area contributed by atoms with Gasteiger partial charge in [-0.15, -0.1) is 0 Å². The van der Waals surface area contributed by atoms with Gasteiger partial charge in [0, 0.05) is 55.0 Å². The van der Waals surface area contributed by atoms with E-state index < -0.39 is 11.7 Å². The van der Waals surface area contributed by atoms with Crippen molar-refractivity contribution in [1.82, 2.24) is 24.2 Å². The number of amides is 1. The highest BCUT2D eigenvalue weighted by atomic mass is 19.4. The van der Waals surface area contributed by atoms with Crippen molar-refractivity contribution in [3.63, 3.8) is 0 Å². The van der Waals surface area contributed by atoms with E-state index in [-0.39, 0.29) is 23.8 Å². The molecule has 0 bridgehead atoms. The van der Waals surface area contributed by atoms with Crippen LogP contribution in [0.3, 0.4) is 0 Å². The van der Waals surface area contributed by atoms with Gasteiger partial charge in [-0.2, -0.15) is 13.2 Å². The average molecular weight is 577 g/mol. The largest absolute Gasteiger partial charge is 0.416 e. The van der Waals surface area contributed by atoms with Gasteiger partial charge in [0.1, 0.15) is 22.9 Å². The number of carbonyl (C=O) groups excluding carboxylic acids is 1. The van der Waals surface area contributed by atoms with E-state index >= 15 is 0 Å². The van der Waals surface area contributed by atoms with Gasteiger partial charge in [0.05, 0.1) is 12.1 Å². The van der Waals surface area contributed by atoms with E-state index in [4.69, 9.17) is 10.7 Å². The van der Waals surface area contributed by atoms with Crippen LogP contribution >= 0.6 is 0 Å². The maximum atomic E-state index is 13.3. The third-order valence-electron chi connectivity index (χ3n) is 8.91. The second-order valence-corrected chi connectivity index (χ2v) is 11.8. The van der Waals surface area contributed by atoms with Crippen molar-refractivity contribution in [1.29, 1.82) is 0 Å². The Morgan fingerprint density at radius 2 is 1.76 bits per heavy atom. The minimum absolute atomic E-state index is 0.0547. The molecule has 2 aromatic heterocycles. The number of carbonyl (C=O) groups is 1. The Hall–Kier alpha value is -3.92. The van der Waals surface area contributed by atoms with Crippen molar-refractivity contribution in [2.75, 3.05) is 25.4 Å². The van der Waals surface area contributed by atoms with Crippen LogP contribution in [0.25, 0.3) is 16.8 Å². The molecule has 0 saturated carbocycles. The van der Waals surface area contributed by atoms with Crippen LogP contribution in [0.5, 0.6) is 0 Å². The van der Waals surface area contributed by atoms with Gasteiger partial charge >= 0.3 is 6.18 Å². The number of hydrogen-bond donors (Lipinski definition) is 1. The predicted molar refractivity (Wildman–Crippen MR) is 156 cm³/mol. The monoisotopic (exact) mass is 576 g/mol. The fourth-order valence-corrected chi connectivity index (χ4v) is 6.41. The molecule has 2 aliphatic rings. The molecule has 2 saturated heterocycles. The Bertz CT molecular complexity index is 1610. The van der Waals surface area contributed by atoms with Crippen LogP contribution in [0.4, 0.5) is 19.0 Å². The molecule has 4 heterocycles. The molecule has 6 rings (SSSR count). The maximum Gasteiger partial charge on any atom is 0.416 e. The summed E-state index contributed by atoms with van der Waals surface area (Å²) in [5.41, 5.74) is 9.47. The summed E-state index contributed by atoms with van der Waals surface area (Å²) in [4.78, 5) is 26.8. The maximum absolute atomic E-state index is 13.3. The molecule has 0 spiro atoms. The number of anilines is 1. The zero-order valence-corrected chi connectivity index (χ0v) is 24.0. The number of rotatable bonds is 5. The van der Waals surface area contributed by atoms with Crippen LogP contribution in [0, 0.1) is 0 Å². The number of imidazole rings is 1. The molecule has 2 N–H and O–H groups in total. The van der Waals surface area contributed by atoms with Gasteiger partial charge in [0.15, 0.2) is 0 Å². The molecular weight excluding hydrogens is 541 g/mol. The molecule has 7 nitrogen and oxygen atoms in total. The van der Waals surface area contributed by atoms with Gasteiger partial charge in [0.2, 0.25) is 5.91 Å². The summed E-state index contributed by atoms with van der Waals surface area (Å²) < 4.78 is 41.8. The normalized spacial score (nSPS) is 20.7. The molecular formula is C32H35F3N6O. The van der Waals surface area contributed by atoms with Crippen LogP contribution in [-0.4, -0.2) is 61.8 Å². The van der Waals surface area contributed by atoms with Crippen LogP contribution in [-0.2, 0) is 11.0 Å². The van der Waals surface area contributed by atoms with Crippen molar-refractivity contribution < 1.29 is 18.0 Å². The molecule has 0 radical (unpaired) electrons. The first-order valence-electron chi connectivity index (χ1n) is 14.4. The number of piperidine rings is 1. The van der Waals surface area contributed by atoms with E-state index in [1.807, 2.05) is 46.7 Å². The van der Waals surface area contributed by atoms with Gasteiger partial charge in [-0.05, 0) is 43.9 Å². The van der Waals surface area contributed by atoms with Gasteiger partial charge in [-0.3, -0.25) is 14.1 Å². The average Bonchev–Trinajstić information content (AvgIpc) is 3.37. The topological polar surface area (TPSA) is 79.8 Å². The van der Waals surface area contributed by atoms with Gasteiger partial charge in [0.25, 0.3) is 0 Å². The predicted octanol–water partition coefficient (Wildman–Crippen LogP) is 5.95. The first-order chi connectivity index (χ1) is 20.0. The van der Waals surface area contributed by atoms with E-state index in [1.165, 1.54) is 12.1 Å². The van der Waals surface area contributed by atoms with Crippen LogP contribution in [0.15, 0.2) is 60.9 Å². The fraction of sp³-hybridized carbons (Fsp3) is 0.406. The highest BCUT2D eigenvalue weighted by Gasteiger charge is 2.39. The van der Waals surface area contributed by atoms with Crippen molar-refractivity contribution >= 4 is 17.2 Å². The molecule has 220 valence electrons. The van der Waals surface area contributed by atoms with E-state index in [2.05, 4.69) is 23.7 Å². The Morgan fingerprint density at radius 1 is 1.00 bits per heavy atom. The van der Waals surface area contributed by atoms with Crippen LogP contribution in [0.2, 0.25) is 0 Å². The molecule has 42 heavy (non-hydrogen) atoms. The van der Waals surface area contributed by atoms with Gasteiger partial charge in [-0.1, -0.05) is 49.4 Å². The van der Waals surface area contributed by atoms with Crippen LogP contribution in [0.1, 0.15) is 68.0 Å². The summed E-state index contributed by atoms with van der Waals surface area (Å²) >= 11 is 0. The van der Waals surface area contributed by atoms with Crippen molar-refractivity contribution in [3.05, 3.63) is 83.4 Å². The first kappa shape index (κ1) is 28.2. The Labute approximate surface area is 243 Å². The smallest absolute Gasteiger partial charge is 0.382 e. The second kappa shape index (κ2) is 10.7. The number of aromatic nitrogens is 3. The minimum Gasteiger partial charge on any atom is -0.382 e. The minimum atomic E-state index is -4.39. The molecule has 2 aromatic carbocycles. The second-order valence-electron chi connectivity index (χ2n) is 11.8. The number of hydrogen-bond acceptors (Lipinski definition) is 5. The first-order valence-corrected chi connectivity index (χ1v) is 14.4.